The van der Waals surface area contributed by atoms with Gasteiger partial charge >= 0.3 is 0 Å². The molecule has 3 aromatic carbocycles. The van der Waals surface area contributed by atoms with Crippen LogP contribution in [0.4, 0.5) is 0 Å². The molecule has 32 heavy (non-hydrogen) atoms. The van der Waals surface area contributed by atoms with Gasteiger partial charge in [0, 0.05) is 5.56 Å². The fraction of sp³-hybridized carbons (Fsp3) is 0.250. The van der Waals surface area contributed by atoms with Gasteiger partial charge in [-0.25, -0.2) is 8.42 Å². The molecule has 3 aromatic rings. The van der Waals surface area contributed by atoms with Crippen LogP contribution >= 0.6 is 0 Å². The number of hydrogen-bond acceptors (Lipinski definition) is 3. The van der Waals surface area contributed by atoms with Crippen molar-refractivity contribution in [1.82, 2.24) is 0 Å². The smallest absolute Gasteiger partial charge is 0.210 e. The predicted octanol–water partition coefficient (Wildman–Crippen LogP) is 6.35. The SMILES string of the molecule is Cc1ccc(S(=O)(=O)C2=C(c3ccccc3)[C@H]3CCCCC3c3ccccc3C2=O)cc1. The average molecular weight is 443 g/mol. The molecule has 1 fully saturated rings. The van der Waals surface area contributed by atoms with E-state index in [4.69, 9.17) is 0 Å². The summed E-state index contributed by atoms with van der Waals surface area (Å²) in [5, 5.41) is 0. The van der Waals surface area contributed by atoms with Crippen LogP contribution in [0.25, 0.3) is 5.57 Å². The van der Waals surface area contributed by atoms with E-state index in [9.17, 15) is 13.2 Å². The van der Waals surface area contributed by atoms with E-state index in [1.807, 2.05) is 55.5 Å². The Morgan fingerprint density at radius 2 is 1.38 bits per heavy atom. The first-order valence-corrected chi connectivity index (χ1v) is 12.7. The topological polar surface area (TPSA) is 51.2 Å². The number of carbonyl (C=O) groups excluding carboxylic acids is 1. The maximum absolute atomic E-state index is 14.1. The van der Waals surface area contributed by atoms with Crippen molar-refractivity contribution in [3.8, 4) is 0 Å². The number of fused-ring (bicyclic) bond motifs is 3. The van der Waals surface area contributed by atoms with Crippen LogP contribution < -0.4 is 0 Å². The van der Waals surface area contributed by atoms with Crippen molar-refractivity contribution < 1.29 is 13.2 Å². The number of ketones is 1. The van der Waals surface area contributed by atoms with Crippen LogP contribution in [0.5, 0.6) is 0 Å². The maximum Gasteiger partial charge on any atom is 0.210 e. The van der Waals surface area contributed by atoms with Gasteiger partial charge in [0.15, 0.2) is 0 Å². The molecule has 2 aliphatic rings. The lowest BCUT2D eigenvalue weighted by molar-refractivity contribution is 0.104. The molecule has 2 atom stereocenters. The first-order valence-electron chi connectivity index (χ1n) is 11.2. The van der Waals surface area contributed by atoms with Gasteiger partial charge in [0.05, 0.1) is 4.90 Å². The first kappa shape index (κ1) is 20.9. The van der Waals surface area contributed by atoms with E-state index < -0.39 is 9.84 Å². The number of Topliss-reactive ketones (excluding diaryl/α,β-unsaturated/α-hetero) is 1. The molecule has 3 nitrogen and oxygen atoms in total. The lowest BCUT2D eigenvalue weighted by Crippen LogP contribution is -2.21. The van der Waals surface area contributed by atoms with Gasteiger partial charge in [-0.2, -0.15) is 0 Å². The molecule has 0 N–H and O–H groups in total. The monoisotopic (exact) mass is 442 g/mol. The molecule has 0 amide bonds. The van der Waals surface area contributed by atoms with E-state index in [1.165, 1.54) is 0 Å². The van der Waals surface area contributed by atoms with Crippen molar-refractivity contribution in [2.24, 2.45) is 5.92 Å². The lowest BCUT2D eigenvalue weighted by Gasteiger charge is -2.33. The van der Waals surface area contributed by atoms with Crippen molar-refractivity contribution in [2.75, 3.05) is 0 Å². The van der Waals surface area contributed by atoms with E-state index >= 15 is 0 Å². The van der Waals surface area contributed by atoms with Crippen molar-refractivity contribution in [3.63, 3.8) is 0 Å². The Morgan fingerprint density at radius 1 is 0.750 bits per heavy atom. The average Bonchev–Trinajstić information content (AvgIpc) is 2.93. The highest BCUT2D eigenvalue weighted by atomic mass is 32.2. The number of sulfone groups is 1. The summed E-state index contributed by atoms with van der Waals surface area (Å²) in [5.41, 5.74) is 4.02. The highest BCUT2D eigenvalue weighted by molar-refractivity contribution is 7.96. The van der Waals surface area contributed by atoms with Crippen molar-refractivity contribution in [1.29, 1.82) is 0 Å². The Morgan fingerprint density at radius 3 is 2.09 bits per heavy atom. The van der Waals surface area contributed by atoms with E-state index in [0.717, 1.165) is 42.4 Å². The third-order valence-corrected chi connectivity index (χ3v) is 8.71. The van der Waals surface area contributed by atoms with Crippen LogP contribution in [0.15, 0.2) is 88.7 Å². The summed E-state index contributed by atoms with van der Waals surface area (Å²) in [6.45, 7) is 1.92. The molecule has 1 saturated carbocycles. The van der Waals surface area contributed by atoms with Gasteiger partial charge in [0.1, 0.15) is 4.91 Å². The Hall–Kier alpha value is -2.98. The Bertz CT molecular complexity index is 1300. The molecule has 0 spiro atoms. The van der Waals surface area contributed by atoms with E-state index in [-0.39, 0.29) is 27.4 Å². The summed E-state index contributed by atoms with van der Waals surface area (Å²) in [6.07, 6.45) is 3.96. The van der Waals surface area contributed by atoms with Crippen LogP contribution in [0, 0.1) is 12.8 Å². The number of hydrogen-bond donors (Lipinski definition) is 0. The Labute approximate surface area is 189 Å². The zero-order chi connectivity index (χ0) is 22.3. The molecule has 1 unspecified atom stereocenters. The van der Waals surface area contributed by atoms with E-state index in [0.29, 0.717) is 11.1 Å². The van der Waals surface area contributed by atoms with Crippen LogP contribution in [0.3, 0.4) is 0 Å². The van der Waals surface area contributed by atoms with Gasteiger partial charge < -0.3 is 0 Å². The van der Waals surface area contributed by atoms with Gasteiger partial charge in [-0.05, 0) is 60.4 Å². The second-order valence-electron chi connectivity index (χ2n) is 8.84. The zero-order valence-corrected chi connectivity index (χ0v) is 18.9. The molecule has 0 bridgehead atoms. The first-order chi connectivity index (χ1) is 15.5. The third kappa shape index (κ3) is 3.43. The largest absolute Gasteiger partial charge is 0.288 e. The zero-order valence-electron chi connectivity index (χ0n) is 18.1. The fourth-order valence-corrected chi connectivity index (χ4v) is 7.00. The minimum Gasteiger partial charge on any atom is -0.288 e. The normalized spacial score (nSPS) is 21.0. The number of carbonyl (C=O) groups is 1. The number of aryl methyl sites for hydroxylation is 1. The summed E-state index contributed by atoms with van der Waals surface area (Å²) >= 11 is 0. The van der Waals surface area contributed by atoms with Crippen LogP contribution in [0.2, 0.25) is 0 Å². The van der Waals surface area contributed by atoms with Gasteiger partial charge in [0.2, 0.25) is 15.6 Å². The molecule has 0 saturated heterocycles. The van der Waals surface area contributed by atoms with Gasteiger partial charge in [-0.3, -0.25) is 4.79 Å². The highest BCUT2D eigenvalue weighted by Crippen LogP contribution is 2.51. The minimum absolute atomic E-state index is 0.00558. The Balaban J connectivity index is 1.86. The summed E-state index contributed by atoms with van der Waals surface area (Å²) in [5.74, 6) is -0.242. The third-order valence-electron chi connectivity index (χ3n) is 6.88. The molecule has 162 valence electrons. The minimum atomic E-state index is -4.01. The maximum atomic E-state index is 14.1. The van der Waals surface area contributed by atoms with Crippen LogP contribution in [-0.4, -0.2) is 14.2 Å². The van der Waals surface area contributed by atoms with Gasteiger partial charge in [0.25, 0.3) is 0 Å². The highest BCUT2D eigenvalue weighted by Gasteiger charge is 2.42. The lowest BCUT2D eigenvalue weighted by atomic mass is 9.71. The standard InChI is InChI=1S/C28H26O3S/c1-19-15-17-21(18-16-19)32(30,31)28-26(20-9-3-2-4-10-20)24-13-7-5-11-22(24)23-12-6-8-14-25(23)27(28)29/h2-4,6,8-10,12,14-18,22,24H,5,7,11,13H2,1H3/t22?,24-/m0/s1. The number of rotatable bonds is 3. The number of benzene rings is 3. The summed E-state index contributed by atoms with van der Waals surface area (Å²) in [7, 11) is -4.01. The molecule has 0 aromatic heterocycles. The summed E-state index contributed by atoms with van der Waals surface area (Å²) in [4.78, 5) is 14.1. The molecular weight excluding hydrogens is 416 g/mol. The Kier molecular flexibility index (Phi) is 5.34. The summed E-state index contributed by atoms with van der Waals surface area (Å²) in [6, 6.07) is 24.0. The van der Waals surface area contributed by atoms with Crippen LogP contribution in [-0.2, 0) is 9.84 Å². The molecule has 0 aliphatic heterocycles. The second kappa shape index (κ2) is 8.18. The molecule has 0 radical (unpaired) electrons. The quantitative estimate of drug-likeness (QED) is 0.475. The van der Waals surface area contributed by atoms with Crippen molar-refractivity contribution in [3.05, 3.63) is 106 Å². The molecular formula is C28H26O3S. The molecule has 5 rings (SSSR count). The predicted molar refractivity (Wildman–Crippen MR) is 127 cm³/mol. The molecule has 0 heterocycles. The fourth-order valence-electron chi connectivity index (χ4n) is 5.35. The van der Waals surface area contributed by atoms with Gasteiger partial charge in [-0.1, -0.05) is 85.1 Å². The summed E-state index contributed by atoms with van der Waals surface area (Å²) < 4.78 is 28.1. The van der Waals surface area contributed by atoms with Crippen molar-refractivity contribution >= 4 is 21.2 Å². The van der Waals surface area contributed by atoms with E-state index in [2.05, 4.69) is 0 Å². The number of allylic oxidation sites excluding steroid dienone is 2. The molecule has 4 heteroatoms. The van der Waals surface area contributed by atoms with Gasteiger partial charge in [-0.15, -0.1) is 0 Å². The van der Waals surface area contributed by atoms with Crippen molar-refractivity contribution in [2.45, 2.75) is 43.4 Å². The molecule has 2 aliphatic carbocycles. The van der Waals surface area contributed by atoms with Crippen LogP contribution in [0.1, 0.15) is 58.6 Å². The second-order valence-corrected chi connectivity index (χ2v) is 10.7. The van der Waals surface area contributed by atoms with E-state index in [1.54, 1.807) is 30.3 Å².